The van der Waals surface area contributed by atoms with Crippen molar-refractivity contribution in [1.82, 2.24) is 14.9 Å². The van der Waals surface area contributed by atoms with E-state index in [4.69, 9.17) is 9.72 Å². The van der Waals surface area contributed by atoms with E-state index in [0.717, 1.165) is 54.1 Å². The van der Waals surface area contributed by atoms with Crippen molar-refractivity contribution >= 4 is 16.9 Å². The van der Waals surface area contributed by atoms with Gasteiger partial charge in [-0.15, -0.1) is 0 Å². The van der Waals surface area contributed by atoms with Gasteiger partial charge in [0.1, 0.15) is 11.6 Å². The zero-order chi connectivity index (χ0) is 21.3. The Labute approximate surface area is 178 Å². The number of ether oxygens (including phenoxy) is 1. The summed E-state index contributed by atoms with van der Waals surface area (Å²) < 4.78 is 6.07. The zero-order valence-corrected chi connectivity index (χ0v) is 18.3. The van der Waals surface area contributed by atoms with Crippen LogP contribution in [0.1, 0.15) is 62.4 Å². The molecule has 158 valence electrons. The van der Waals surface area contributed by atoms with Gasteiger partial charge in [-0.25, -0.2) is 4.98 Å². The predicted molar refractivity (Wildman–Crippen MR) is 120 cm³/mol. The number of aromatic nitrogens is 2. The average molecular weight is 406 g/mol. The van der Waals surface area contributed by atoms with Crippen LogP contribution in [0, 0.1) is 6.92 Å². The molecule has 1 unspecified atom stereocenters. The highest BCUT2D eigenvalue weighted by Crippen LogP contribution is 2.30. The third-order valence-electron chi connectivity index (χ3n) is 6.04. The molecule has 2 heterocycles. The number of aromatic amines is 1. The number of nitrogens with zero attached hydrogens (tertiary/aromatic N) is 2. The third kappa shape index (κ3) is 4.20. The summed E-state index contributed by atoms with van der Waals surface area (Å²) >= 11 is 0. The lowest BCUT2D eigenvalue weighted by molar-refractivity contribution is -0.139. The first-order valence-corrected chi connectivity index (χ1v) is 10.9. The molecule has 1 fully saturated rings. The Morgan fingerprint density at radius 3 is 2.60 bits per heavy atom. The first kappa shape index (κ1) is 20.5. The van der Waals surface area contributed by atoms with Crippen molar-refractivity contribution in [2.45, 2.75) is 58.5 Å². The number of amides is 1. The van der Waals surface area contributed by atoms with Crippen molar-refractivity contribution in [3.05, 3.63) is 59.4 Å². The van der Waals surface area contributed by atoms with E-state index >= 15 is 0 Å². The molecule has 2 aromatic carbocycles. The molecule has 4 rings (SSSR count). The van der Waals surface area contributed by atoms with Crippen molar-refractivity contribution in [3.63, 3.8) is 0 Å². The Morgan fingerprint density at radius 1 is 1.13 bits per heavy atom. The second kappa shape index (κ2) is 8.50. The number of nitrogens with one attached hydrogen (secondary N) is 1. The topological polar surface area (TPSA) is 58.2 Å². The van der Waals surface area contributed by atoms with Gasteiger partial charge in [0.05, 0.1) is 11.0 Å². The van der Waals surface area contributed by atoms with Gasteiger partial charge in [-0.3, -0.25) is 4.79 Å². The highest BCUT2D eigenvalue weighted by atomic mass is 16.5. The zero-order valence-electron chi connectivity index (χ0n) is 18.3. The summed E-state index contributed by atoms with van der Waals surface area (Å²) in [6, 6.07) is 14.3. The van der Waals surface area contributed by atoms with Gasteiger partial charge in [0.25, 0.3) is 5.91 Å². The number of carbonyl (C=O) groups is 1. The van der Waals surface area contributed by atoms with Gasteiger partial charge < -0.3 is 14.6 Å². The smallest absolute Gasteiger partial charge is 0.263 e. The predicted octanol–water partition coefficient (Wildman–Crippen LogP) is 5.17. The molecule has 1 N–H and O–H groups in total. The second-order valence-electron chi connectivity index (χ2n) is 8.69. The fraction of sp³-hybridized carbons (Fsp3) is 0.440. The number of rotatable bonds is 5. The van der Waals surface area contributed by atoms with Crippen LogP contribution in [0.5, 0.6) is 5.75 Å². The number of H-pyrrole nitrogens is 1. The molecule has 1 amide bonds. The number of hydrogen-bond donors (Lipinski definition) is 1. The molecule has 1 saturated heterocycles. The maximum atomic E-state index is 13.0. The Hall–Kier alpha value is -2.82. The van der Waals surface area contributed by atoms with Gasteiger partial charge in [-0.1, -0.05) is 38.1 Å². The lowest BCUT2D eigenvalue weighted by Crippen LogP contribution is -2.44. The maximum Gasteiger partial charge on any atom is 0.263 e. The van der Waals surface area contributed by atoms with Gasteiger partial charge in [-0.2, -0.15) is 0 Å². The molecule has 0 aliphatic carbocycles. The van der Waals surface area contributed by atoms with E-state index in [1.54, 1.807) is 0 Å². The molecule has 1 aromatic heterocycles. The number of benzene rings is 2. The van der Waals surface area contributed by atoms with Crippen LogP contribution in [-0.2, 0) is 4.79 Å². The SMILES string of the molecule is Cc1ccc2nc(C3CCN(C(=O)C(C)Oc4ccccc4C(C)C)CC3)[nH]c2c1. The molecule has 1 atom stereocenters. The highest BCUT2D eigenvalue weighted by Gasteiger charge is 2.29. The van der Waals surface area contributed by atoms with Crippen LogP contribution < -0.4 is 4.74 Å². The minimum absolute atomic E-state index is 0.0623. The maximum absolute atomic E-state index is 13.0. The molecule has 1 aliphatic rings. The van der Waals surface area contributed by atoms with E-state index in [1.807, 2.05) is 30.0 Å². The molecule has 3 aromatic rings. The quantitative estimate of drug-likeness (QED) is 0.637. The lowest BCUT2D eigenvalue weighted by Gasteiger charge is -2.33. The van der Waals surface area contributed by atoms with Crippen LogP contribution in [-0.4, -0.2) is 40.0 Å². The highest BCUT2D eigenvalue weighted by molar-refractivity contribution is 5.81. The van der Waals surface area contributed by atoms with Crippen molar-refractivity contribution in [3.8, 4) is 5.75 Å². The minimum atomic E-state index is -0.490. The van der Waals surface area contributed by atoms with E-state index in [2.05, 4.69) is 50.0 Å². The van der Waals surface area contributed by atoms with E-state index in [9.17, 15) is 4.79 Å². The van der Waals surface area contributed by atoms with E-state index in [0.29, 0.717) is 11.8 Å². The summed E-state index contributed by atoms with van der Waals surface area (Å²) in [6.45, 7) is 9.69. The Morgan fingerprint density at radius 2 is 1.87 bits per heavy atom. The molecule has 5 heteroatoms. The summed E-state index contributed by atoms with van der Waals surface area (Å²) in [5.74, 6) is 2.62. The van der Waals surface area contributed by atoms with Crippen molar-refractivity contribution in [2.75, 3.05) is 13.1 Å². The second-order valence-corrected chi connectivity index (χ2v) is 8.69. The summed E-state index contributed by atoms with van der Waals surface area (Å²) in [4.78, 5) is 23.2. The number of para-hydroxylation sites is 1. The summed E-state index contributed by atoms with van der Waals surface area (Å²) in [5.41, 5.74) is 4.47. The number of imidazole rings is 1. The fourth-order valence-corrected chi connectivity index (χ4v) is 4.27. The van der Waals surface area contributed by atoms with Crippen molar-refractivity contribution in [1.29, 1.82) is 0 Å². The number of hydrogen-bond acceptors (Lipinski definition) is 3. The van der Waals surface area contributed by atoms with E-state index in [1.165, 1.54) is 5.56 Å². The molecule has 0 bridgehead atoms. The summed E-state index contributed by atoms with van der Waals surface area (Å²) in [5, 5.41) is 0. The molecular formula is C25H31N3O2. The average Bonchev–Trinajstić information content (AvgIpc) is 3.16. The number of aryl methyl sites for hydroxylation is 1. The van der Waals surface area contributed by atoms with Crippen LogP contribution in [0.3, 0.4) is 0 Å². The molecule has 5 nitrogen and oxygen atoms in total. The van der Waals surface area contributed by atoms with E-state index < -0.39 is 6.10 Å². The molecule has 0 radical (unpaired) electrons. The monoisotopic (exact) mass is 405 g/mol. The van der Waals surface area contributed by atoms with Crippen molar-refractivity contribution < 1.29 is 9.53 Å². The molecule has 0 spiro atoms. The third-order valence-corrected chi connectivity index (χ3v) is 6.04. The van der Waals surface area contributed by atoms with E-state index in [-0.39, 0.29) is 5.91 Å². The number of piperidine rings is 1. The van der Waals surface area contributed by atoms with Gasteiger partial charge in [0.15, 0.2) is 6.10 Å². The molecule has 30 heavy (non-hydrogen) atoms. The standard InChI is InChI=1S/C25H31N3O2/c1-16(2)20-7-5-6-8-23(20)30-18(4)25(29)28-13-11-19(12-14-28)24-26-21-10-9-17(3)15-22(21)27-24/h5-10,15-16,18-19H,11-14H2,1-4H3,(H,26,27). The minimum Gasteiger partial charge on any atom is -0.481 e. The Kier molecular flexibility index (Phi) is 5.80. The van der Waals surface area contributed by atoms with Gasteiger partial charge in [-0.05, 0) is 61.9 Å². The van der Waals surface area contributed by atoms with Crippen LogP contribution in [0.2, 0.25) is 0 Å². The van der Waals surface area contributed by atoms with Crippen LogP contribution in [0.15, 0.2) is 42.5 Å². The first-order chi connectivity index (χ1) is 14.4. The number of likely N-dealkylation sites (tertiary alicyclic amines) is 1. The van der Waals surface area contributed by atoms with Crippen molar-refractivity contribution in [2.24, 2.45) is 0 Å². The largest absolute Gasteiger partial charge is 0.481 e. The fourth-order valence-electron chi connectivity index (χ4n) is 4.27. The number of carbonyl (C=O) groups excluding carboxylic acids is 1. The van der Waals surface area contributed by atoms with Gasteiger partial charge in [0, 0.05) is 19.0 Å². The van der Waals surface area contributed by atoms with Gasteiger partial charge >= 0.3 is 0 Å². The van der Waals surface area contributed by atoms with Crippen LogP contribution >= 0.6 is 0 Å². The first-order valence-electron chi connectivity index (χ1n) is 10.9. The summed E-state index contributed by atoms with van der Waals surface area (Å²) in [6.07, 6.45) is 1.34. The normalized spacial score (nSPS) is 16.2. The Bertz CT molecular complexity index is 1030. The number of fused-ring (bicyclic) bond motifs is 1. The van der Waals surface area contributed by atoms with Crippen LogP contribution in [0.25, 0.3) is 11.0 Å². The lowest BCUT2D eigenvalue weighted by atomic mass is 9.96. The molecule has 0 saturated carbocycles. The molecular weight excluding hydrogens is 374 g/mol. The van der Waals surface area contributed by atoms with Gasteiger partial charge in [0.2, 0.25) is 0 Å². The summed E-state index contributed by atoms with van der Waals surface area (Å²) in [7, 11) is 0. The Balaban J connectivity index is 1.38. The molecule has 1 aliphatic heterocycles. The van der Waals surface area contributed by atoms with Crippen LogP contribution in [0.4, 0.5) is 0 Å².